The number of sulfonamides is 1. The lowest BCUT2D eigenvalue weighted by Crippen LogP contribution is -2.39. The lowest BCUT2D eigenvalue weighted by atomic mass is 10.0. The summed E-state index contributed by atoms with van der Waals surface area (Å²) in [5, 5.41) is 2.81. The lowest BCUT2D eigenvalue weighted by Gasteiger charge is -2.24. The maximum atomic E-state index is 12.8. The molecule has 27 heavy (non-hydrogen) atoms. The quantitative estimate of drug-likeness (QED) is 0.728. The smallest absolute Gasteiger partial charge is 0.256 e. The Morgan fingerprint density at radius 3 is 2.52 bits per heavy atom. The average molecular weight is 399 g/mol. The van der Waals surface area contributed by atoms with E-state index >= 15 is 0 Å². The van der Waals surface area contributed by atoms with E-state index in [0.717, 1.165) is 6.42 Å². The zero-order valence-electron chi connectivity index (χ0n) is 16.7. The van der Waals surface area contributed by atoms with Gasteiger partial charge < -0.3 is 14.8 Å². The first-order chi connectivity index (χ1) is 12.6. The van der Waals surface area contributed by atoms with Crippen LogP contribution < -0.4 is 10.1 Å². The molecule has 7 nitrogen and oxygen atoms in total. The molecule has 1 aromatic rings. The molecule has 0 aromatic heterocycles. The Morgan fingerprint density at radius 2 is 2.00 bits per heavy atom. The molecule has 0 radical (unpaired) electrons. The van der Waals surface area contributed by atoms with Gasteiger partial charge in [-0.05, 0) is 51.8 Å². The van der Waals surface area contributed by atoms with Crippen LogP contribution in [-0.4, -0.2) is 50.0 Å². The summed E-state index contributed by atoms with van der Waals surface area (Å²) in [4.78, 5) is 12.9. The highest BCUT2D eigenvalue weighted by molar-refractivity contribution is 7.89. The Labute approximate surface area is 162 Å². The number of anilines is 1. The van der Waals surface area contributed by atoms with Gasteiger partial charge in [-0.1, -0.05) is 13.8 Å². The first-order valence-electron chi connectivity index (χ1n) is 9.40. The summed E-state index contributed by atoms with van der Waals surface area (Å²) < 4.78 is 38.4. The van der Waals surface area contributed by atoms with Crippen LogP contribution in [0.25, 0.3) is 0 Å². The third kappa shape index (κ3) is 4.80. The van der Waals surface area contributed by atoms with Crippen molar-refractivity contribution in [1.82, 2.24) is 4.31 Å². The fraction of sp³-hybridized carbons (Fsp3) is 0.632. The van der Waals surface area contributed by atoms with E-state index in [1.807, 2.05) is 13.8 Å². The van der Waals surface area contributed by atoms with Crippen LogP contribution in [0.4, 0.5) is 5.69 Å². The normalized spacial score (nSPS) is 20.3. The summed E-state index contributed by atoms with van der Waals surface area (Å²) in [5.74, 6) is 0.129. The summed E-state index contributed by atoms with van der Waals surface area (Å²) in [6.45, 7) is 10.3. The van der Waals surface area contributed by atoms with Crippen molar-refractivity contribution in [2.75, 3.05) is 25.0 Å². The first kappa shape index (κ1) is 21.7. The van der Waals surface area contributed by atoms with Gasteiger partial charge in [0.05, 0.1) is 16.7 Å². The minimum atomic E-state index is -3.64. The van der Waals surface area contributed by atoms with Crippen LogP contribution in [0.5, 0.6) is 5.75 Å². The molecule has 152 valence electrons. The molecule has 0 bridgehead atoms. The number of hydrogen-bond acceptors (Lipinski definition) is 5. The molecule has 1 heterocycles. The molecule has 1 amide bonds. The van der Waals surface area contributed by atoms with Crippen molar-refractivity contribution in [3.05, 3.63) is 18.2 Å². The van der Waals surface area contributed by atoms with E-state index in [1.54, 1.807) is 26.8 Å². The van der Waals surface area contributed by atoms with Gasteiger partial charge in [-0.15, -0.1) is 0 Å². The largest absolute Gasteiger partial charge is 0.489 e. The zero-order chi connectivity index (χ0) is 20.2. The molecule has 0 aliphatic carbocycles. The van der Waals surface area contributed by atoms with Crippen molar-refractivity contribution in [1.29, 1.82) is 0 Å². The van der Waals surface area contributed by atoms with Crippen molar-refractivity contribution < 1.29 is 22.7 Å². The highest BCUT2D eigenvalue weighted by atomic mass is 32.2. The molecule has 1 aromatic carbocycles. The van der Waals surface area contributed by atoms with Crippen LogP contribution in [0.2, 0.25) is 0 Å². The Balaban J connectivity index is 2.41. The third-order valence-electron chi connectivity index (χ3n) is 4.60. The van der Waals surface area contributed by atoms with Crippen LogP contribution in [0.15, 0.2) is 23.1 Å². The van der Waals surface area contributed by atoms with Crippen molar-refractivity contribution in [2.45, 2.75) is 64.1 Å². The maximum absolute atomic E-state index is 12.8. The van der Waals surface area contributed by atoms with E-state index in [1.165, 1.54) is 16.4 Å². The summed E-state index contributed by atoms with van der Waals surface area (Å²) in [6.07, 6.45) is 1.32. The Hall–Kier alpha value is -1.64. The summed E-state index contributed by atoms with van der Waals surface area (Å²) in [6, 6.07) is 4.56. The van der Waals surface area contributed by atoms with Gasteiger partial charge in [-0.3, -0.25) is 4.79 Å². The number of amides is 1. The van der Waals surface area contributed by atoms with Gasteiger partial charge in [0.1, 0.15) is 11.4 Å². The molecule has 1 aliphatic rings. The van der Waals surface area contributed by atoms with E-state index in [-0.39, 0.29) is 16.9 Å². The second kappa shape index (κ2) is 8.58. The van der Waals surface area contributed by atoms with Gasteiger partial charge in [0.15, 0.2) is 0 Å². The van der Waals surface area contributed by atoms with Crippen molar-refractivity contribution >= 4 is 21.6 Å². The predicted octanol–water partition coefficient (Wildman–Crippen LogP) is 3.01. The highest BCUT2D eigenvalue weighted by Crippen LogP contribution is 2.33. The molecule has 1 atom stereocenters. The molecule has 0 unspecified atom stereocenters. The summed E-state index contributed by atoms with van der Waals surface area (Å²) in [7, 11) is -3.64. The Kier molecular flexibility index (Phi) is 6.88. The lowest BCUT2D eigenvalue weighted by molar-refractivity contribution is -0.133. The zero-order valence-corrected chi connectivity index (χ0v) is 17.6. The molecule has 1 saturated heterocycles. The SMILES string of the molecule is CCN(CC)S(=O)(=O)c1ccc(OC(C)C)c(NC(=O)[C@@]2(C)CCCO2)c1. The van der Waals surface area contributed by atoms with Crippen LogP contribution in [-0.2, 0) is 19.6 Å². The second-order valence-corrected chi connectivity index (χ2v) is 8.99. The van der Waals surface area contributed by atoms with E-state index in [2.05, 4.69) is 5.32 Å². The van der Waals surface area contributed by atoms with Crippen molar-refractivity contribution in [3.8, 4) is 5.75 Å². The highest BCUT2D eigenvalue weighted by Gasteiger charge is 2.38. The van der Waals surface area contributed by atoms with Crippen molar-refractivity contribution in [2.24, 2.45) is 0 Å². The third-order valence-corrected chi connectivity index (χ3v) is 6.65. The molecule has 2 rings (SSSR count). The van der Waals surface area contributed by atoms with E-state index in [0.29, 0.717) is 37.6 Å². The fourth-order valence-electron chi connectivity index (χ4n) is 3.05. The topological polar surface area (TPSA) is 84.9 Å². The van der Waals surface area contributed by atoms with Gasteiger partial charge in [-0.25, -0.2) is 8.42 Å². The fourth-order valence-corrected chi connectivity index (χ4v) is 4.53. The molecular formula is C19H30N2O5S. The molecule has 1 fully saturated rings. The first-order valence-corrected chi connectivity index (χ1v) is 10.8. The number of carbonyl (C=O) groups is 1. The minimum absolute atomic E-state index is 0.120. The Bertz CT molecular complexity index is 766. The van der Waals surface area contributed by atoms with Gasteiger partial charge in [0.2, 0.25) is 10.0 Å². The minimum Gasteiger partial charge on any atom is -0.489 e. The van der Waals surface area contributed by atoms with Crippen LogP contribution in [0.1, 0.15) is 47.5 Å². The molecule has 0 saturated carbocycles. The molecule has 8 heteroatoms. The number of benzene rings is 1. The molecular weight excluding hydrogens is 368 g/mol. The van der Waals surface area contributed by atoms with Crippen LogP contribution >= 0.6 is 0 Å². The molecule has 1 N–H and O–H groups in total. The summed E-state index contributed by atoms with van der Waals surface area (Å²) in [5.41, 5.74) is -0.582. The monoisotopic (exact) mass is 398 g/mol. The predicted molar refractivity (Wildman–Crippen MR) is 105 cm³/mol. The van der Waals surface area contributed by atoms with E-state index in [9.17, 15) is 13.2 Å². The van der Waals surface area contributed by atoms with Gasteiger partial charge in [0, 0.05) is 19.7 Å². The second-order valence-electron chi connectivity index (χ2n) is 7.05. The van der Waals surface area contributed by atoms with Gasteiger partial charge in [-0.2, -0.15) is 4.31 Å². The van der Waals surface area contributed by atoms with Gasteiger partial charge >= 0.3 is 0 Å². The van der Waals surface area contributed by atoms with Gasteiger partial charge in [0.25, 0.3) is 5.91 Å². The number of nitrogens with zero attached hydrogens (tertiary/aromatic N) is 1. The van der Waals surface area contributed by atoms with E-state index in [4.69, 9.17) is 9.47 Å². The standard InChI is InChI=1S/C19H30N2O5S/c1-6-21(7-2)27(23,24)15-9-10-17(26-14(3)4)16(13-15)20-18(22)19(5)11-8-12-25-19/h9-10,13-14H,6-8,11-12H2,1-5H3,(H,20,22)/t19-/m1/s1. The molecule has 0 spiro atoms. The summed E-state index contributed by atoms with van der Waals surface area (Å²) >= 11 is 0. The number of hydrogen-bond donors (Lipinski definition) is 1. The Morgan fingerprint density at radius 1 is 1.33 bits per heavy atom. The van der Waals surface area contributed by atoms with Crippen LogP contribution in [0.3, 0.4) is 0 Å². The number of nitrogens with one attached hydrogen (secondary N) is 1. The number of rotatable bonds is 8. The number of ether oxygens (including phenoxy) is 2. The van der Waals surface area contributed by atoms with Crippen LogP contribution in [0, 0.1) is 0 Å². The van der Waals surface area contributed by atoms with E-state index < -0.39 is 15.6 Å². The average Bonchev–Trinajstić information content (AvgIpc) is 3.04. The number of carbonyl (C=O) groups excluding carboxylic acids is 1. The molecule has 1 aliphatic heterocycles. The maximum Gasteiger partial charge on any atom is 0.256 e. The van der Waals surface area contributed by atoms with Crippen molar-refractivity contribution in [3.63, 3.8) is 0 Å².